The van der Waals surface area contributed by atoms with Crippen LogP contribution in [0, 0.1) is 0 Å². The van der Waals surface area contributed by atoms with E-state index in [2.05, 4.69) is 0 Å². The molecule has 112 valence electrons. The van der Waals surface area contributed by atoms with Crippen molar-refractivity contribution in [2.75, 3.05) is 32.9 Å². The summed E-state index contributed by atoms with van der Waals surface area (Å²) in [6.07, 6.45) is 1.52. The summed E-state index contributed by atoms with van der Waals surface area (Å²) in [5.41, 5.74) is 1.01. The largest absolute Gasteiger partial charge is 0.492 e. The summed E-state index contributed by atoms with van der Waals surface area (Å²) in [6, 6.07) is 7.80. The van der Waals surface area contributed by atoms with Gasteiger partial charge in [-0.15, -0.1) is 0 Å². The van der Waals surface area contributed by atoms with Gasteiger partial charge >= 0.3 is 0 Å². The second-order valence-corrected chi connectivity index (χ2v) is 5.83. The molecule has 3 aliphatic heterocycles. The third-order valence-corrected chi connectivity index (χ3v) is 4.65. The number of ether oxygens (including phenoxy) is 3. The van der Waals surface area contributed by atoms with Gasteiger partial charge < -0.3 is 19.1 Å². The van der Waals surface area contributed by atoms with Gasteiger partial charge in [-0.25, -0.2) is 0 Å². The Hall–Kier alpha value is -1.59. The molecule has 21 heavy (non-hydrogen) atoms. The second kappa shape index (κ2) is 5.00. The van der Waals surface area contributed by atoms with Crippen LogP contribution in [0.4, 0.5) is 0 Å². The highest BCUT2D eigenvalue weighted by molar-refractivity contribution is 5.85. The van der Waals surface area contributed by atoms with Crippen LogP contribution in [0.5, 0.6) is 5.75 Å². The molecule has 1 aromatic carbocycles. The first-order valence-electron chi connectivity index (χ1n) is 7.56. The maximum Gasteiger partial charge on any atom is 0.233 e. The number of hydrogen-bond donors (Lipinski definition) is 0. The van der Waals surface area contributed by atoms with E-state index >= 15 is 0 Å². The first-order chi connectivity index (χ1) is 10.3. The van der Waals surface area contributed by atoms with E-state index in [1.54, 1.807) is 0 Å². The normalized spacial score (nSPS) is 26.7. The molecule has 2 fully saturated rings. The molecular weight excluding hydrogens is 270 g/mol. The zero-order valence-electron chi connectivity index (χ0n) is 11.9. The third kappa shape index (κ3) is 2.21. The lowest BCUT2D eigenvalue weighted by Gasteiger charge is -2.38. The van der Waals surface area contributed by atoms with E-state index in [1.165, 1.54) is 0 Å². The molecule has 5 nitrogen and oxygen atoms in total. The van der Waals surface area contributed by atoms with Gasteiger partial charge in [0, 0.05) is 31.5 Å². The fourth-order valence-corrected chi connectivity index (χ4v) is 3.44. The van der Waals surface area contributed by atoms with E-state index in [4.69, 9.17) is 14.2 Å². The molecule has 0 radical (unpaired) electrons. The summed E-state index contributed by atoms with van der Waals surface area (Å²) in [6.45, 7) is 3.16. The van der Waals surface area contributed by atoms with Crippen LogP contribution in [0.15, 0.2) is 24.3 Å². The molecule has 3 heterocycles. The molecule has 0 bridgehead atoms. The Morgan fingerprint density at radius 2 is 1.86 bits per heavy atom. The Kier molecular flexibility index (Phi) is 3.12. The van der Waals surface area contributed by atoms with Crippen LogP contribution in [-0.2, 0) is 14.3 Å². The summed E-state index contributed by atoms with van der Waals surface area (Å²) in [5, 5.41) is 0. The SMILES string of the molecule is O=C(C1COc2ccccc21)N1CCC2(CC1)OCCO2. The molecule has 1 unspecified atom stereocenters. The van der Waals surface area contributed by atoms with Crippen molar-refractivity contribution in [1.82, 2.24) is 4.90 Å². The number of para-hydroxylation sites is 1. The van der Waals surface area contributed by atoms with Gasteiger partial charge in [0.15, 0.2) is 5.79 Å². The number of nitrogens with zero attached hydrogens (tertiary/aromatic N) is 1. The van der Waals surface area contributed by atoms with Gasteiger partial charge in [-0.2, -0.15) is 0 Å². The number of piperidine rings is 1. The average molecular weight is 289 g/mol. The van der Waals surface area contributed by atoms with Crippen LogP contribution < -0.4 is 4.74 Å². The van der Waals surface area contributed by atoms with Crippen molar-refractivity contribution in [2.45, 2.75) is 24.5 Å². The highest BCUT2D eigenvalue weighted by Crippen LogP contribution is 2.37. The van der Waals surface area contributed by atoms with Crippen molar-refractivity contribution in [3.63, 3.8) is 0 Å². The van der Waals surface area contributed by atoms with E-state index in [0.717, 1.165) is 24.2 Å². The highest BCUT2D eigenvalue weighted by Gasteiger charge is 2.42. The predicted octanol–water partition coefficient (Wildman–Crippen LogP) is 1.53. The van der Waals surface area contributed by atoms with Crippen LogP contribution in [0.3, 0.4) is 0 Å². The number of benzene rings is 1. The first kappa shape index (κ1) is 13.1. The Bertz CT molecular complexity index is 543. The van der Waals surface area contributed by atoms with Crippen LogP contribution >= 0.6 is 0 Å². The Balaban J connectivity index is 1.45. The molecule has 0 aliphatic carbocycles. The number of likely N-dealkylation sites (tertiary alicyclic amines) is 1. The summed E-state index contributed by atoms with van der Waals surface area (Å²) in [7, 11) is 0. The molecule has 4 rings (SSSR count). The lowest BCUT2D eigenvalue weighted by Crippen LogP contribution is -2.48. The maximum atomic E-state index is 12.7. The molecule has 0 N–H and O–H groups in total. The summed E-state index contributed by atoms with van der Waals surface area (Å²) in [4.78, 5) is 14.7. The minimum Gasteiger partial charge on any atom is -0.492 e. The van der Waals surface area contributed by atoms with Gasteiger partial charge in [-0.05, 0) is 6.07 Å². The van der Waals surface area contributed by atoms with E-state index < -0.39 is 5.79 Å². The Morgan fingerprint density at radius 3 is 2.62 bits per heavy atom. The van der Waals surface area contributed by atoms with Gasteiger partial charge in [0.25, 0.3) is 0 Å². The third-order valence-electron chi connectivity index (χ3n) is 4.65. The predicted molar refractivity (Wildman–Crippen MR) is 75.1 cm³/mol. The minimum absolute atomic E-state index is 0.160. The average Bonchev–Trinajstić information content (AvgIpc) is 3.15. The van der Waals surface area contributed by atoms with Crippen LogP contribution in [-0.4, -0.2) is 49.5 Å². The summed E-state index contributed by atoms with van der Waals surface area (Å²) < 4.78 is 17.0. The fraction of sp³-hybridized carbons (Fsp3) is 0.562. The number of fused-ring (bicyclic) bond motifs is 1. The lowest BCUT2D eigenvalue weighted by molar-refractivity contribution is -0.187. The zero-order valence-corrected chi connectivity index (χ0v) is 11.9. The zero-order chi connectivity index (χ0) is 14.3. The van der Waals surface area contributed by atoms with Crippen LogP contribution in [0.25, 0.3) is 0 Å². The topological polar surface area (TPSA) is 48.0 Å². The first-order valence-corrected chi connectivity index (χ1v) is 7.56. The standard InChI is InChI=1S/C16H19NO4/c18-15(13-11-19-14-4-2-1-3-12(13)14)17-7-5-16(6-8-17)20-9-10-21-16/h1-4,13H,5-11H2. The van der Waals surface area contributed by atoms with Crippen LogP contribution in [0.2, 0.25) is 0 Å². The molecule has 1 amide bonds. The van der Waals surface area contributed by atoms with E-state index in [0.29, 0.717) is 32.9 Å². The monoisotopic (exact) mass is 289 g/mol. The Morgan fingerprint density at radius 1 is 1.14 bits per heavy atom. The molecule has 1 aromatic rings. The van der Waals surface area contributed by atoms with Gasteiger partial charge in [0.2, 0.25) is 5.91 Å². The van der Waals surface area contributed by atoms with Crippen LogP contribution in [0.1, 0.15) is 24.3 Å². The van der Waals surface area contributed by atoms with Crippen molar-refractivity contribution in [3.8, 4) is 5.75 Å². The van der Waals surface area contributed by atoms with E-state index in [-0.39, 0.29) is 11.8 Å². The van der Waals surface area contributed by atoms with Gasteiger partial charge in [0.1, 0.15) is 18.3 Å². The molecule has 1 spiro atoms. The minimum atomic E-state index is -0.430. The lowest BCUT2D eigenvalue weighted by atomic mass is 9.97. The molecule has 0 aromatic heterocycles. The molecule has 5 heteroatoms. The van der Waals surface area contributed by atoms with Crippen molar-refractivity contribution < 1.29 is 19.0 Å². The molecule has 1 atom stereocenters. The molecule has 3 aliphatic rings. The quantitative estimate of drug-likeness (QED) is 0.786. The van der Waals surface area contributed by atoms with E-state index in [1.807, 2.05) is 29.2 Å². The van der Waals surface area contributed by atoms with Gasteiger partial charge in [-0.3, -0.25) is 4.79 Å². The fourth-order valence-electron chi connectivity index (χ4n) is 3.44. The molecular formula is C16H19NO4. The van der Waals surface area contributed by atoms with Crippen molar-refractivity contribution in [3.05, 3.63) is 29.8 Å². The van der Waals surface area contributed by atoms with Gasteiger partial charge in [-0.1, -0.05) is 18.2 Å². The van der Waals surface area contributed by atoms with Crippen molar-refractivity contribution >= 4 is 5.91 Å². The highest BCUT2D eigenvalue weighted by atomic mass is 16.7. The van der Waals surface area contributed by atoms with Crippen molar-refractivity contribution in [1.29, 1.82) is 0 Å². The second-order valence-electron chi connectivity index (χ2n) is 5.83. The number of rotatable bonds is 1. The van der Waals surface area contributed by atoms with Gasteiger partial charge in [0.05, 0.1) is 13.2 Å². The molecule has 2 saturated heterocycles. The number of carbonyl (C=O) groups excluding carboxylic acids is 1. The smallest absolute Gasteiger partial charge is 0.233 e. The molecule has 0 saturated carbocycles. The summed E-state index contributed by atoms with van der Waals surface area (Å²) in [5.74, 6) is 0.404. The number of carbonyl (C=O) groups is 1. The Labute approximate surface area is 123 Å². The number of amides is 1. The summed E-state index contributed by atoms with van der Waals surface area (Å²) >= 11 is 0. The van der Waals surface area contributed by atoms with E-state index in [9.17, 15) is 4.79 Å². The maximum absolute atomic E-state index is 12.7. The van der Waals surface area contributed by atoms with Crippen molar-refractivity contribution in [2.24, 2.45) is 0 Å². The number of hydrogen-bond acceptors (Lipinski definition) is 4.